The molecule has 2 aliphatic rings. The number of ether oxygens (including phenoxy) is 1. The van der Waals surface area contributed by atoms with E-state index in [9.17, 15) is 9.59 Å². The van der Waals surface area contributed by atoms with E-state index in [1.807, 2.05) is 25.6 Å². The topological polar surface area (TPSA) is 79.5 Å². The van der Waals surface area contributed by atoms with Gasteiger partial charge in [-0.1, -0.05) is 6.42 Å². The van der Waals surface area contributed by atoms with Crippen molar-refractivity contribution in [2.75, 3.05) is 18.9 Å². The summed E-state index contributed by atoms with van der Waals surface area (Å²) in [5.41, 5.74) is 0. The molecule has 2 heterocycles. The Balaban J connectivity index is 1.50. The average molecular weight is 329 g/mol. The van der Waals surface area contributed by atoms with E-state index in [1.165, 1.54) is 0 Å². The number of urea groups is 1. The standard InChI is InChI=1S/C15H27N3O3S/c1-10(2)21-8-7-16-13(19)6-4-3-5-12-14-11(9-22-12)17-15(20)18-14/h10-12,14H,3-9H2,1-2H3,(H,16,19)(H2,17,18,20)/t11-,12-,14-/m1/s1. The smallest absolute Gasteiger partial charge is 0.315 e. The molecule has 0 saturated carbocycles. The maximum atomic E-state index is 11.7. The third-order valence-electron chi connectivity index (χ3n) is 3.96. The largest absolute Gasteiger partial charge is 0.377 e. The lowest BCUT2D eigenvalue weighted by Gasteiger charge is -2.16. The molecule has 3 atom stereocenters. The van der Waals surface area contributed by atoms with Gasteiger partial charge in [-0.15, -0.1) is 0 Å². The van der Waals surface area contributed by atoms with Crippen LogP contribution in [0.25, 0.3) is 0 Å². The Kier molecular flexibility index (Phi) is 6.82. The monoisotopic (exact) mass is 329 g/mol. The van der Waals surface area contributed by atoms with E-state index in [1.54, 1.807) is 0 Å². The lowest BCUT2D eigenvalue weighted by molar-refractivity contribution is -0.121. The normalized spacial score (nSPS) is 26.7. The van der Waals surface area contributed by atoms with Gasteiger partial charge in [0, 0.05) is 24.0 Å². The van der Waals surface area contributed by atoms with Crippen molar-refractivity contribution < 1.29 is 14.3 Å². The van der Waals surface area contributed by atoms with Crippen molar-refractivity contribution >= 4 is 23.7 Å². The highest BCUT2D eigenvalue weighted by atomic mass is 32.2. The molecule has 7 heteroatoms. The highest BCUT2D eigenvalue weighted by Crippen LogP contribution is 2.33. The highest BCUT2D eigenvalue weighted by molar-refractivity contribution is 8.00. The number of hydrogen-bond acceptors (Lipinski definition) is 4. The quantitative estimate of drug-likeness (QED) is 0.439. The third kappa shape index (κ3) is 5.35. The predicted octanol–water partition coefficient (Wildman–Crippen LogP) is 1.25. The molecule has 2 fully saturated rings. The Morgan fingerprint density at radius 1 is 1.41 bits per heavy atom. The van der Waals surface area contributed by atoms with Crippen molar-refractivity contribution in [1.29, 1.82) is 0 Å². The van der Waals surface area contributed by atoms with Crippen LogP contribution >= 0.6 is 11.8 Å². The van der Waals surface area contributed by atoms with Crippen LogP contribution in [-0.4, -0.2) is 54.3 Å². The van der Waals surface area contributed by atoms with Gasteiger partial charge in [0.25, 0.3) is 0 Å². The third-order valence-corrected chi connectivity index (χ3v) is 5.46. The predicted molar refractivity (Wildman–Crippen MR) is 88.1 cm³/mol. The molecule has 2 aliphatic heterocycles. The van der Waals surface area contributed by atoms with Crippen molar-refractivity contribution in [3.05, 3.63) is 0 Å². The average Bonchev–Trinajstić information content (AvgIpc) is 2.99. The molecule has 3 N–H and O–H groups in total. The SMILES string of the molecule is CC(C)OCCNC(=O)CCCC[C@H]1SC[C@H]2NC(=O)N[C@H]21. The fourth-order valence-electron chi connectivity index (χ4n) is 2.85. The van der Waals surface area contributed by atoms with Crippen LogP contribution in [0.5, 0.6) is 0 Å². The molecule has 126 valence electrons. The van der Waals surface area contributed by atoms with Crippen molar-refractivity contribution in [1.82, 2.24) is 16.0 Å². The van der Waals surface area contributed by atoms with Crippen molar-refractivity contribution in [2.24, 2.45) is 0 Å². The molecule has 0 aromatic carbocycles. The summed E-state index contributed by atoms with van der Waals surface area (Å²) in [4.78, 5) is 23.0. The summed E-state index contributed by atoms with van der Waals surface area (Å²) in [6.45, 7) is 5.11. The van der Waals surface area contributed by atoms with Gasteiger partial charge in [-0.2, -0.15) is 11.8 Å². The number of carbonyl (C=O) groups is 2. The van der Waals surface area contributed by atoms with Crippen molar-refractivity contribution in [3.63, 3.8) is 0 Å². The van der Waals surface area contributed by atoms with Crippen LogP contribution in [0.3, 0.4) is 0 Å². The minimum Gasteiger partial charge on any atom is -0.377 e. The van der Waals surface area contributed by atoms with Crippen LogP contribution in [0.4, 0.5) is 4.79 Å². The highest BCUT2D eigenvalue weighted by Gasteiger charge is 2.42. The van der Waals surface area contributed by atoms with E-state index in [4.69, 9.17) is 4.74 Å². The number of thioether (sulfide) groups is 1. The number of fused-ring (bicyclic) bond motifs is 1. The Labute approximate surface area is 136 Å². The van der Waals surface area contributed by atoms with Crippen LogP contribution in [0.1, 0.15) is 39.5 Å². The maximum absolute atomic E-state index is 11.7. The molecule has 0 spiro atoms. The first kappa shape index (κ1) is 17.4. The number of unbranched alkanes of at least 4 members (excludes halogenated alkanes) is 1. The van der Waals surface area contributed by atoms with Crippen molar-refractivity contribution in [3.8, 4) is 0 Å². The van der Waals surface area contributed by atoms with Crippen LogP contribution < -0.4 is 16.0 Å². The fraction of sp³-hybridized carbons (Fsp3) is 0.867. The van der Waals surface area contributed by atoms with Crippen LogP contribution in [0.15, 0.2) is 0 Å². The Morgan fingerprint density at radius 3 is 3.00 bits per heavy atom. The van der Waals surface area contributed by atoms with E-state index in [0.29, 0.717) is 24.8 Å². The van der Waals surface area contributed by atoms with Crippen LogP contribution in [-0.2, 0) is 9.53 Å². The molecule has 6 nitrogen and oxygen atoms in total. The Hall–Kier alpha value is -0.950. The van der Waals surface area contributed by atoms with Gasteiger partial charge in [0.2, 0.25) is 5.91 Å². The van der Waals surface area contributed by atoms with Gasteiger partial charge in [0.15, 0.2) is 0 Å². The number of amides is 3. The number of nitrogens with one attached hydrogen (secondary N) is 3. The molecular weight excluding hydrogens is 302 g/mol. The second-order valence-corrected chi connectivity index (χ2v) is 7.41. The molecule has 0 radical (unpaired) electrons. The molecule has 2 rings (SSSR count). The minimum atomic E-state index is -0.0386. The molecule has 0 bridgehead atoms. The van der Waals surface area contributed by atoms with Crippen molar-refractivity contribution in [2.45, 2.75) is 63.0 Å². The lowest BCUT2D eigenvalue weighted by atomic mass is 10.0. The van der Waals surface area contributed by atoms with E-state index in [0.717, 1.165) is 25.0 Å². The first-order valence-electron chi connectivity index (χ1n) is 8.13. The summed E-state index contributed by atoms with van der Waals surface area (Å²) in [5, 5.41) is 9.29. The summed E-state index contributed by atoms with van der Waals surface area (Å²) < 4.78 is 5.38. The zero-order valence-corrected chi connectivity index (χ0v) is 14.2. The molecule has 22 heavy (non-hydrogen) atoms. The van der Waals surface area contributed by atoms with E-state index < -0.39 is 0 Å². The summed E-state index contributed by atoms with van der Waals surface area (Å²) in [6, 6.07) is 0.509. The fourth-order valence-corrected chi connectivity index (χ4v) is 4.39. The Morgan fingerprint density at radius 2 is 2.23 bits per heavy atom. The van der Waals surface area contributed by atoms with Crippen LogP contribution in [0, 0.1) is 0 Å². The first-order valence-corrected chi connectivity index (χ1v) is 9.18. The van der Waals surface area contributed by atoms with E-state index in [2.05, 4.69) is 16.0 Å². The summed E-state index contributed by atoms with van der Waals surface area (Å²) in [5.74, 6) is 1.09. The van der Waals surface area contributed by atoms with Gasteiger partial charge >= 0.3 is 6.03 Å². The molecule has 2 saturated heterocycles. The Bertz CT molecular complexity index is 392. The van der Waals surface area contributed by atoms with Gasteiger partial charge in [-0.05, 0) is 26.7 Å². The summed E-state index contributed by atoms with van der Waals surface area (Å²) >= 11 is 1.92. The molecule has 0 aliphatic carbocycles. The van der Waals surface area contributed by atoms with E-state index in [-0.39, 0.29) is 30.1 Å². The molecule has 0 aromatic rings. The summed E-state index contributed by atoms with van der Waals surface area (Å²) in [6.07, 6.45) is 3.74. The molecular formula is C15H27N3O3S. The second-order valence-electron chi connectivity index (χ2n) is 6.14. The minimum absolute atomic E-state index is 0.0386. The molecule has 0 aromatic heterocycles. The maximum Gasteiger partial charge on any atom is 0.315 e. The number of rotatable bonds is 9. The second kappa shape index (κ2) is 8.62. The van der Waals surface area contributed by atoms with Gasteiger partial charge < -0.3 is 20.7 Å². The van der Waals surface area contributed by atoms with Gasteiger partial charge in [-0.25, -0.2) is 4.79 Å². The summed E-state index contributed by atoms with van der Waals surface area (Å²) in [7, 11) is 0. The number of hydrogen-bond donors (Lipinski definition) is 3. The van der Waals surface area contributed by atoms with Gasteiger partial charge in [0.05, 0.1) is 24.8 Å². The van der Waals surface area contributed by atoms with Gasteiger partial charge in [-0.3, -0.25) is 4.79 Å². The van der Waals surface area contributed by atoms with Crippen LogP contribution in [0.2, 0.25) is 0 Å². The zero-order valence-electron chi connectivity index (χ0n) is 13.4. The first-order chi connectivity index (χ1) is 10.6. The zero-order chi connectivity index (χ0) is 15.9. The van der Waals surface area contributed by atoms with E-state index >= 15 is 0 Å². The number of carbonyl (C=O) groups excluding carboxylic acids is 2. The lowest BCUT2D eigenvalue weighted by Crippen LogP contribution is -2.36. The molecule has 3 amide bonds. The van der Waals surface area contributed by atoms with Gasteiger partial charge in [0.1, 0.15) is 0 Å². The molecule has 0 unspecified atom stereocenters.